The van der Waals surface area contributed by atoms with E-state index >= 15 is 0 Å². The van der Waals surface area contributed by atoms with Gasteiger partial charge in [-0.1, -0.05) is 221 Å². The Labute approximate surface area is 444 Å². The number of rotatable bonds is 47. The smallest absolute Gasteiger partial charge is 0.306 e. The molecule has 1 saturated heterocycles. The average molecular weight is 1020 g/mol. The molecule has 418 valence electrons. The van der Waals surface area contributed by atoms with Crippen LogP contribution in [0, 0.1) is 0 Å². The first-order valence-corrected chi connectivity index (χ1v) is 29.0. The third kappa shape index (κ3) is 37.9. The van der Waals surface area contributed by atoms with Crippen LogP contribution in [0.1, 0.15) is 220 Å². The number of aliphatic hydroxyl groups is 5. The van der Waals surface area contributed by atoms with Gasteiger partial charge in [0.1, 0.15) is 24.4 Å². The summed E-state index contributed by atoms with van der Waals surface area (Å²) < 4.78 is 17.5. The number of carbonyl (C=O) groups excluding carboxylic acids is 2. The van der Waals surface area contributed by atoms with Gasteiger partial charge in [-0.2, -0.15) is 0 Å². The summed E-state index contributed by atoms with van der Waals surface area (Å²) in [5.41, 5.74) is 0. The molecule has 73 heavy (non-hydrogen) atoms. The largest absolute Gasteiger partial charge is 0.454 e. The van der Waals surface area contributed by atoms with E-state index in [1.54, 1.807) is 6.08 Å². The molecule has 11 nitrogen and oxygen atoms in total. The molecule has 0 aromatic rings. The molecule has 1 heterocycles. The van der Waals surface area contributed by atoms with Crippen LogP contribution in [0.25, 0.3) is 0 Å². The molecule has 0 aliphatic carbocycles. The Morgan fingerprint density at radius 2 is 0.986 bits per heavy atom. The van der Waals surface area contributed by atoms with Gasteiger partial charge in [0.05, 0.1) is 25.4 Å². The zero-order chi connectivity index (χ0) is 53.3. The van der Waals surface area contributed by atoms with Crippen LogP contribution in [0.2, 0.25) is 0 Å². The summed E-state index contributed by atoms with van der Waals surface area (Å²) in [4.78, 5) is 26.4. The highest BCUT2D eigenvalue weighted by Gasteiger charge is 2.47. The minimum absolute atomic E-state index is 0.00762. The van der Waals surface area contributed by atoms with Gasteiger partial charge in [0, 0.05) is 6.42 Å². The SMILES string of the molecule is CC/C=C\C/C=C\C/C=C\C/C=C\C/C=C\C/C=C\CCC(=O)OC1C(OCC(NC(=O)C(O)CCCC/C=C\CCCCCCCC)C(O)/C=C/CCCCCCCCCCCCC)OC(CO)C(O)C1O. The molecule has 1 fully saturated rings. The number of nitrogens with one attached hydrogen (secondary N) is 1. The molecule has 0 saturated carbocycles. The molecule has 0 aromatic heterocycles. The van der Waals surface area contributed by atoms with Crippen LogP contribution in [-0.4, -0.2) is 99.6 Å². The number of hydrogen-bond donors (Lipinski definition) is 6. The summed E-state index contributed by atoms with van der Waals surface area (Å²) in [5, 5.41) is 56.7. The van der Waals surface area contributed by atoms with E-state index in [0.717, 1.165) is 77.0 Å². The van der Waals surface area contributed by atoms with E-state index in [-0.39, 0.29) is 19.4 Å². The maximum Gasteiger partial charge on any atom is 0.306 e. The molecule has 1 amide bonds. The summed E-state index contributed by atoms with van der Waals surface area (Å²) in [6, 6.07) is -1.05. The van der Waals surface area contributed by atoms with Gasteiger partial charge in [0.2, 0.25) is 5.91 Å². The highest BCUT2D eigenvalue weighted by molar-refractivity contribution is 5.80. The van der Waals surface area contributed by atoms with Gasteiger partial charge in [0.25, 0.3) is 0 Å². The Morgan fingerprint density at radius 3 is 1.48 bits per heavy atom. The number of unbranched alkanes of at least 4 members (excludes halogenated alkanes) is 19. The fraction of sp³-hybridized carbons (Fsp3) is 0.710. The number of esters is 1. The van der Waals surface area contributed by atoms with Gasteiger partial charge in [-0.25, -0.2) is 0 Å². The number of allylic oxidation sites excluding steroid dienone is 15. The first kappa shape index (κ1) is 67.6. The second-order valence-corrected chi connectivity index (χ2v) is 19.6. The average Bonchev–Trinajstić information content (AvgIpc) is 3.39. The van der Waals surface area contributed by atoms with Gasteiger partial charge in [-0.05, 0) is 89.9 Å². The highest BCUT2D eigenvalue weighted by Crippen LogP contribution is 2.26. The Morgan fingerprint density at radius 1 is 0.548 bits per heavy atom. The minimum Gasteiger partial charge on any atom is -0.454 e. The number of aliphatic hydroxyl groups excluding tert-OH is 5. The van der Waals surface area contributed by atoms with Crippen molar-refractivity contribution in [3.63, 3.8) is 0 Å². The van der Waals surface area contributed by atoms with Crippen molar-refractivity contribution in [3.05, 3.63) is 97.2 Å². The summed E-state index contributed by atoms with van der Waals surface area (Å²) in [7, 11) is 0. The summed E-state index contributed by atoms with van der Waals surface area (Å²) in [6.07, 6.45) is 54.6. The zero-order valence-electron chi connectivity index (χ0n) is 46.0. The van der Waals surface area contributed by atoms with Crippen LogP contribution in [0.5, 0.6) is 0 Å². The monoisotopic (exact) mass is 1020 g/mol. The van der Waals surface area contributed by atoms with Crippen LogP contribution in [0.15, 0.2) is 97.2 Å². The Balaban J connectivity index is 2.79. The molecule has 0 aromatic carbocycles. The number of hydrogen-bond acceptors (Lipinski definition) is 10. The van der Waals surface area contributed by atoms with E-state index in [1.807, 2.05) is 18.2 Å². The third-order valence-corrected chi connectivity index (χ3v) is 13.0. The normalized spacial score (nSPS) is 20.1. The molecule has 11 heteroatoms. The molecule has 1 aliphatic rings. The number of amides is 1. The summed E-state index contributed by atoms with van der Waals surface area (Å²) in [5.74, 6) is -1.31. The van der Waals surface area contributed by atoms with Crippen molar-refractivity contribution in [3.8, 4) is 0 Å². The molecule has 6 N–H and O–H groups in total. The summed E-state index contributed by atoms with van der Waals surface area (Å²) in [6.45, 7) is 5.59. The zero-order valence-corrected chi connectivity index (χ0v) is 46.0. The lowest BCUT2D eigenvalue weighted by atomic mass is 9.99. The van der Waals surface area contributed by atoms with Crippen LogP contribution in [0.4, 0.5) is 0 Å². The first-order chi connectivity index (χ1) is 35.7. The minimum atomic E-state index is -1.65. The molecular weight excluding hydrogens is 919 g/mol. The van der Waals surface area contributed by atoms with Crippen LogP contribution in [0.3, 0.4) is 0 Å². The Kier molecular flexibility index (Phi) is 45.8. The third-order valence-electron chi connectivity index (χ3n) is 13.0. The molecule has 0 bridgehead atoms. The van der Waals surface area contributed by atoms with E-state index in [1.165, 1.54) is 89.9 Å². The van der Waals surface area contributed by atoms with E-state index in [2.05, 4.69) is 99.0 Å². The highest BCUT2D eigenvalue weighted by atomic mass is 16.7. The molecule has 0 radical (unpaired) electrons. The quantitative estimate of drug-likeness (QED) is 0.0196. The van der Waals surface area contributed by atoms with E-state index in [0.29, 0.717) is 19.3 Å². The van der Waals surface area contributed by atoms with Gasteiger partial charge in [0.15, 0.2) is 12.4 Å². The lowest BCUT2D eigenvalue weighted by Gasteiger charge is -2.41. The van der Waals surface area contributed by atoms with Gasteiger partial charge in [-0.3, -0.25) is 9.59 Å². The van der Waals surface area contributed by atoms with E-state index in [4.69, 9.17) is 14.2 Å². The fourth-order valence-corrected chi connectivity index (χ4v) is 8.38. The lowest BCUT2D eigenvalue weighted by molar-refractivity contribution is -0.305. The molecule has 0 spiro atoms. The predicted octanol–water partition coefficient (Wildman–Crippen LogP) is 13.2. The van der Waals surface area contributed by atoms with Crippen molar-refractivity contribution >= 4 is 11.9 Å². The lowest BCUT2D eigenvalue weighted by Crippen LogP contribution is -2.61. The van der Waals surface area contributed by atoms with Gasteiger partial charge >= 0.3 is 5.97 Å². The number of ether oxygens (including phenoxy) is 3. The van der Waals surface area contributed by atoms with E-state index in [9.17, 15) is 35.1 Å². The van der Waals surface area contributed by atoms with Crippen molar-refractivity contribution < 1.29 is 49.3 Å². The Hall–Kier alpha value is -3.42. The molecule has 8 atom stereocenters. The van der Waals surface area contributed by atoms with Crippen molar-refractivity contribution in [1.82, 2.24) is 5.32 Å². The topological polar surface area (TPSA) is 175 Å². The van der Waals surface area contributed by atoms with Crippen molar-refractivity contribution in [2.75, 3.05) is 13.2 Å². The van der Waals surface area contributed by atoms with Crippen LogP contribution < -0.4 is 5.32 Å². The van der Waals surface area contributed by atoms with Gasteiger partial charge in [-0.15, -0.1) is 0 Å². The summed E-state index contributed by atoms with van der Waals surface area (Å²) >= 11 is 0. The molecule has 1 aliphatic heterocycles. The van der Waals surface area contributed by atoms with E-state index < -0.39 is 67.4 Å². The van der Waals surface area contributed by atoms with Crippen molar-refractivity contribution in [2.45, 2.75) is 269 Å². The van der Waals surface area contributed by atoms with Crippen LogP contribution in [-0.2, 0) is 23.8 Å². The fourth-order valence-electron chi connectivity index (χ4n) is 8.38. The first-order valence-electron chi connectivity index (χ1n) is 29.0. The standard InChI is InChI=1S/C62H105NO10/c1-4-7-10-13-16-19-22-25-26-27-28-29-30-32-35-38-41-44-47-50-57(67)73-60-59(69)58(68)56(51-64)72-62(60)71-52-53(54(65)48-45-42-39-36-34-31-23-20-17-14-11-8-5-2)63-61(70)55(66)49-46-43-40-37-33-24-21-18-15-12-9-6-3/h7,10,16,19,25-26,28-29,32-33,35,37,41,44-45,48,53-56,58-60,62,64-66,68-69H,4-6,8-9,11-15,17-18,20-24,27,30-31,34,36,38-40,42-43,46-47,49-52H2,1-3H3,(H,63,70)/b10-7-,19-16-,26-25-,29-28-,35-32-,37-33-,44-41-,48-45+. The maximum absolute atomic E-state index is 13.4. The predicted molar refractivity (Wildman–Crippen MR) is 301 cm³/mol. The number of carbonyl (C=O) groups is 2. The van der Waals surface area contributed by atoms with Crippen molar-refractivity contribution in [1.29, 1.82) is 0 Å². The van der Waals surface area contributed by atoms with Gasteiger partial charge < -0.3 is 45.1 Å². The molecule has 1 rings (SSSR count). The second-order valence-electron chi connectivity index (χ2n) is 19.6. The van der Waals surface area contributed by atoms with Crippen molar-refractivity contribution in [2.24, 2.45) is 0 Å². The Bertz CT molecular complexity index is 1550. The molecule has 8 unspecified atom stereocenters. The molecular formula is C62H105NO10. The maximum atomic E-state index is 13.4. The second kappa shape index (κ2) is 49.5. The van der Waals surface area contributed by atoms with Crippen LogP contribution >= 0.6 is 0 Å².